The topological polar surface area (TPSA) is 3.88 Å². The Balaban J connectivity index is 2.51. The highest BCUT2D eigenvalue weighted by atomic mass is 28.3. The number of aryl methyl sites for hydroxylation is 2. The molecular weight excluding hydrogens is 246 g/mol. The quantitative estimate of drug-likeness (QED) is 0.589. The fourth-order valence-electron chi connectivity index (χ4n) is 2.25. The maximum absolute atomic E-state index is 8.45. The van der Waals surface area contributed by atoms with E-state index >= 15 is 0 Å². The highest BCUT2D eigenvalue weighted by molar-refractivity contribution is 6.75. The van der Waals surface area contributed by atoms with Crippen molar-refractivity contribution in [2.45, 2.75) is 32.6 Å². The predicted octanol–water partition coefficient (Wildman–Crippen LogP) is 3.91. The standard InChI is InChI=1S/C17H24NSi/c1-14-8-6-7-9-16(14)17-11-10-15(12-18(17)2)13-19(3,4)5/h6-12H,13H2,1-5H3/q+1/i13D2. The molecule has 0 atom stereocenters. The summed E-state index contributed by atoms with van der Waals surface area (Å²) in [6, 6.07) is 12.3. The van der Waals surface area contributed by atoms with Gasteiger partial charge in [0.2, 0.25) is 5.69 Å². The van der Waals surface area contributed by atoms with Gasteiger partial charge < -0.3 is 0 Å². The summed E-state index contributed by atoms with van der Waals surface area (Å²) < 4.78 is 18.9. The Morgan fingerprint density at radius 1 is 1.11 bits per heavy atom. The molecule has 1 aromatic heterocycles. The third-order valence-corrected chi connectivity index (χ3v) is 4.11. The molecule has 0 fully saturated rings. The zero-order chi connectivity index (χ0) is 15.8. The number of nitrogens with zero attached hydrogens (tertiary/aromatic N) is 1. The molecule has 0 unspecified atom stereocenters. The first-order valence-corrected chi connectivity index (χ1v) is 10.2. The molecule has 0 bridgehead atoms. The van der Waals surface area contributed by atoms with Gasteiger partial charge in [0, 0.05) is 28.0 Å². The Morgan fingerprint density at radius 2 is 1.79 bits per heavy atom. The highest BCUT2D eigenvalue weighted by Crippen LogP contribution is 2.20. The predicted molar refractivity (Wildman–Crippen MR) is 84.8 cm³/mol. The van der Waals surface area contributed by atoms with Gasteiger partial charge in [-0.15, -0.1) is 0 Å². The van der Waals surface area contributed by atoms with Crippen LogP contribution in [-0.2, 0) is 13.0 Å². The van der Waals surface area contributed by atoms with Gasteiger partial charge in [-0.1, -0.05) is 37.8 Å². The van der Waals surface area contributed by atoms with E-state index in [-0.39, 0.29) is 0 Å². The minimum atomic E-state index is -1.94. The van der Waals surface area contributed by atoms with Crippen LogP contribution < -0.4 is 4.57 Å². The van der Waals surface area contributed by atoms with Crippen LogP contribution in [0.3, 0.4) is 0 Å². The van der Waals surface area contributed by atoms with Crippen LogP contribution in [0, 0.1) is 6.92 Å². The van der Waals surface area contributed by atoms with Crippen molar-refractivity contribution in [3.05, 3.63) is 53.7 Å². The fraction of sp³-hybridized carbons (Fsp3) is 0.353. The maximum atomic E-state index is 8.45. The van der Waals surface area contributed by atoms with Crippen LogP contribution in [0.2, 0.25) is 19.6 Å². The first kappa shape index (κ1) is 11.4. The monoisotopic (exact) mass is 272 g/mol. The first-order valence-electron chi connectivity index (χ1n) is 7.71. The van der Waals surface area contributed by atoms with Crippen LogP contribution in [0.25, 0.3) is 11.3 Å². The second-order valence-electron chi connectivity index (χ2n) is 6.10. The van der Waals surface area contributed by atoms with Crippen LogP contribution in [0.4, 0.5) is 0 Å². The van der Waals surface area contributed by atoms with Gasteiger partial charge >= 0.3 is 0 Å². The van der Waals surface area contributed by atoms with E-state index in [0.29, 0.717) is 0 Å². The Bertz CT molecular complexity index is 660. The van der Waals surface area contributed by atoms with Crippen LogP contribution >= 0.6 is 0 Å². The Hall–Kier alpha value is -1.41. The molecule has 0 aliphatic heterocycles. The van der Waals surface area contributed by atoms with E-state index in [1.54, 1.807) is 0 Å². The van der Waals surface area contributed by atoms with Crippen molar-refractivity contribution in [3.63, 3.8) is 0 Å². The summed E-state index contributed by atoms with van der Waals surface area (Å²) >= 11 is 0. The van der Waals surface area contributed by atoms with Crippen LogP contribution in [0.1, 0.15) is 13.9 Å². The SMILES string of the molecule is [2H]C([2H])(c1ccc(-c2ccccc2C)[n+](C)c1)[Si](C)(C)C. The summed E-state index contributed by atoms with van der Waals surface area (Å²) in [5.74, 6) is -1.23. The third-order valence-electron chi connectivity index (χ3n) is 3.07. The van der Waals surface area contributed by atoms with Crippen molar-refractivity contribution < 1.29 is 7.31 Å². The summed E-state index contributed by atoms with van der Waals surface area (Å²) in [7, 11) is 0.0555. The van der Waals surface area contributed by atoms with E-state index in [1.807, 2.05) is 42.1 Å². The molecule has 1 heterocycles. The Labute approximate surface area is 120 Å². The number of benzene rings is 1. The van der Waals surface area contributed by atoms with Gasteiger partial charge in [-0.25, -0.2) is 4.57 Å². The maximum Gasteiger partial charge on any atom is 0.212 e. The summed E-state index contributed by atoms with van der Waals surface area (Å²) in [6.07, 6.45) is 1.94. The molecule has 1 nitrogen and oxygen atoms in total. The van der Waals surface area contributed by atoms with E-state index in [2.05, 4.69) is 38.7 Å². The van der Waals surface area contributed by atoms with Gasteiger partial charge in [-0.3, -0.25) is 0 Å². The average Bonchev–Trinajstić information content (AvgIpc) is 2.38. The van der Waals surface area contributed by atoms with Gasteiger partial charge in [0.1, 0.15) is 7.05 Å². The molecule has 100 valence electrons. The first-order chi connectivity index (χ1) is 9.64. The summed E-state index contributed by atoms with van der Waals surface area (Å²) in [4.78, 5) is 0. The molecule has 1 aromatic carbocycles. The van der Waals surface area contributed by atoms with Gasteiger partial charge in [-0.2, -0.15) is 0 Å². The van der Waals surface area contributed by atoms with E-state index in [4.69, 9.17) is 2.74 Å². The van der Waals surface area contributed by atoms with Gasteiger partial charge in [-0.05, 0) is 30.6 Å². The van der Waals surface area contributed by atoms with E-state index in [9.17, 15) is 0 Å². The van der Waals surface area contributed by atoms with Gasteiger partial charge in [0.25, 0.3) is 0 Å². The molecule has 0 amide bonds. The molecule has 0 saturated heterocycles. The highest BCUT2D eigenvalue weighted by Gasteiger charge is 2.17. The van der Waals surface area contributed by atoms with Gasteiger partial charge in [0.05, 0.1) is 0 Å². The Morgan fingerprint density at radius 3 is 2.37 bits per heavy atom. The van der Waals surface area contributed by atoms with Crippen LogP contribution in [-0.4, -0.2) is 8.07 Å². The number of pyridine rings is 1. The lowest BCUT2D eigenvalue weighted by Crippen LogP contribution is -2.33. The molecule has 0 radical (unpaired) electrons. The molecule has 2 heteroatoms. The number of aromatic nitrogens is 1. The van der Waals surface area contributed by atoms with Crippen molar-refractivity contribution in [3.8, 4) is 11.3 Å². The van der Waals surface area contributed by atoms with Crippen molar-refractivity contribution in [1.29, 1.82) is 0 Å². The lowest BCUT2D eigenvalue weighted by atomic mass is 10.0. The van der Waals surface area contributed by atoms with E-state index in [1.165, 1.54) is 11.1 Å². The molecule has 19 heavy (non-hydrogen) atoms. The molecular formula is C17H24NSi+. The van der Waals surface area contributed by atoms with E-state index in [0.717, 1.165) is 11.3 Å². The normalized spacial score (nSPS) is 13.9. The van der Waals surface area contributed by atoms with Crippen molar-refractivity contribution >= 4 is 8.07 Å². The summed E-state index contributed by atoms with van der Waals surface area (Å²) in [5, 5.41) is 0. The molecule has 0 aliphatic rings. The molecule has 0 saturated carbocycles. The molecule has 0 N–H and O–H groups in total. The minimum absolute atomic E-state index is 0.779. The molecule has 2 aromatic rings. The van der Waals surface area contributed by atoms with Gasteiger partial charge in [0.15, 0.2) is 6.20 Å². The molecule has 0 spiro atoms. The fourth-order valence-corrected chi connectivity index (χ4v) is 3.27. The average molecular weight is 272 g/mol. The smallest absolute Gasteiger partial charge is 0.201 e. The molecule has 2 rings (SSSR count). The summed E-state index contributed by atoms with van der Waals surface area (Å²) in [6.45, 7) is 8.32. The van der Waals surface area contributed by atoms with E-state index < -0.39 is 14.1 Å². The Kier molecular flexibility index (Phi) is 3.18. The largest absolute Gasteiger partial charge is 0.212 e. The minimum Gasteiger partial charge on any atom is -0.201 e. The zero-order valence-corrected chi connectivity index (χ0v) is 13.5. The second-order valence-corrected chi connectivity index (χ2v) is 10.9. The van der Waals surface area contributed by atoms with Crippen molar-refractivity contribution in [2.24, 2.45) is 7.05 Å². The van der Waals surface area contributed by atoms with Crippen molar-refractivity contribution in [2.75, 3.05) is 0 Å². The second kappa shape index (κ2) is 5.30. The zero-order valence-electron chi connectivity index (χ0n) is 14.5. The lowest BCUT2D eigenvalue weighted by Gasteiger charge is -2.15. The lowest BCUT2D eigenvalue weighted by molar-refractivity contribution is -0.660. The third kappa shape index (κ3) is 3.54. The summed E-state index contributed by atoms with van der Waals surface area (Å²) in [5.41, 5.74) is 4.32. The van der Waals surface area contributed by atoms with Crippen molar-refractivity contribution in [1.82, 2.24) is 0 Å². The van der Waals surface area contributed by atoms with Crippen LogP contribution in [0.5, 0.6) is 0 Å². The molecule has 0 aliphatic carbocycles. The number of hydrogen-bond donors (Lipinski definition) is 0. The van der Waals surface area contributed by atoms with Crippen LogP contribution in [0.15, 0.2) is 42.6 Å². The number of rotatable bonds is 3. The number of hydrogen-bond acceptors (Lipinski definition) is 0.